The van der Waals surface area contributed by atoms with Gasteiger partial charge in [0.25, 0.3) is 0 Å². The third-order valence-corrected chi connectivity index (χ3v) is 6.03. The number of H-pyrrole nitrogens is 1. The van der Waals surface area contributed by atoms with E-state index < -0.39 is 0 Å². The van der Waals surface area contributed by atoms with Crippen molar-refractivity contribution in [3.63, 3.8) is 0 Å². The van der Waals surface area contributed by atoms with E-state index in [1.165, 1.54) is 6.07 Å². The van der Waals surface area contributed by atoms with Crippen molar-refractivity contribution in [2.75, 3.05) is 13.1 Å². The van der Waals surface area contributed by atoms with Gasteiger partial charge in [0.2, 0.25) is 5.91 Å². The van der Waals surface area contributed by atoms with Gasteiger partial charge in [-0.25, -0.2) is 4.39 Å². The van der Waals surface area contributed by atoms with Gasteiger partial charge in [-0.3, -0.25) is 14.8 Å². The number of likely N-dealkylation sites (tertiary alicyclic amines) is 1. The number of nitrogens with one attached hydrogen (secondary N) is 1. The van der Waals surface area contributed by atoms with Crippen LogP contribution in [0, 0.1) is 5.82 Å². The summed E-state index contributed by atoms with van der Waals surface area (Å²) in [7, 11) is 0. The summed E-state index contributed by atoms with van der Waals surface area (Å²) in [5, 5.41) is 1.08. The summed E-state index contributed by atoms with van der Waals surface area (Å²) in [4.78, 5) is 27.3. The lowest BCUT2D eigenvalue weighted by molar-refractivity contribution is -0.131. The molecule has 3 heterocycles. The zero-order valence-electron chi connectivity index (χ0n) is 17.1. The smallest absolute Gasteiger partial charge is 0.227 e. The van der Waals surface area contributed by atoms with Crippen LogP contribution in [0.5, 0.6) is 0 Å². The minimum absolute atomic E-state index is 0.0315. The Morgan fingerprint density at radius 3 is 2.81 bits per heavy atom. The first-order valence-corrected chi connectivity index (χ1v) is 10.6. The predicted molar refractivity (Wildman–Crippen MR) is 118 cm³/mol. The van der Waals surface area contributed by atoms with Crippen LogP contribution >= 0.6 is 0 Å². The second kappa shape index (κ2) is 8.30. The van der Waals surface area contributed by atoms with E-state index in [0.717, 1.165) is 41.5 Å². The number of para-hydroxylation sites is 1. The normalized spacial score (nSPS) is 16.5. The first-order chi connectivity index (χ1) is 15.2. The van der Waals surface area contributed by atoms with Crippen LogP contribution in [0.1, 0.15) is 30.0 Å². The Bertz CT molecular complexity index is 1230. The molecule has 1 atom stereocenters. The van der Waals surface area contributed by atoms with E-state index in [0.29, 0.717) is 24.2 Å². The molecule has 0 unspecified atom stereocenters. The maximum Gasteiger partial charge on any atom is 0.227 e. The molecule has 2 aromatic carbocycles. The van der Waals surface area contributed by atoms with Gasteiger partial charge < -0.3 is 9.88 Å². The Labute approximate surface area is 180 Å². The SMILES string of the molecule is O=C(Cc1c[nH]c2ccccc12)N1CCC[C@H](c2nccnc2-c2ccccc2F)C1. The molecule has 0 radical (unpaired) electrons. The highest BCUT2D eigenvalue weighted by Gasteiger charge is 2.28. The lowest BCUT2D eigenvalue weighted by Gasteiger charge is -2.33. The molecule has 1 aliphatic rings. The Kier molecular flexibility index (Phi) is 5.20. The number of hydrogen-bond donors (Lipinski definition) is 1. The van der Waals surface area contributed by atoms with Crippen molar-refractivity contribution in [3.05, 3.63) is 84.2 Å². The number of benzene rings is 2. The number of aromatic amines is 1. The van der Waals surface area contributed by atoms with Gasteiger partial charge in [0.1, 0.15) is 5.82 Å². The summed E-state index contributed by atoms with van der Waals surface area (Å²) in [5.41, 5.74) is 3.83. The number of carbonyl (C=O) groups is 1. The topological polar surface area (TPSA) is 61.9 Å². The Hall–Kier alpha value is -3.54. The summed E-state index contributed by atoms with van der Waals surface area (Å²) >= 11 is 0. The number of aromatic nitrogens is 3. The number of halogens is 1. The van der Waals surface area contributed by atoms with Crippen LogP contribution in [-0.4, -0.2) is 38.8 Å². The van der Waals surface area contributed by atoms with E-state index >= 15 is 0 Å². The van der Waals surface area contributed by atoms with Crippen molar-refractivity contribution >= 4 is 16.8 Å². The molecule has 156 valence electrons. The second-order valence-electron chi connectivity index (χ2n) is 7.99. The van der Waals surface area contributed by atoms with Gasteiger partial charge in [-0.2, -0.15) is 0 Å². The lowest BCUT2D eigenvalue weighted by Crippen LogP contribution is -2.40. The summed E-state index contributed by atoms with van der Waals surface area (Å²) in [6.07, 6.45) is 7.30. The maximum atomic E-state index is 14.4. The van der Waals surface area contributed by atoms with Gasteiger partial charge in [-0.15, -0.1) is 0 Å². The molecule has 5 rings (SSSR count). The Balaban J connectivity index is 1.38. The fourth-order valence-corrected chi connectivity index (χ4v) is 4.49. The number of hydrogen-bond acceptors (Lipinski definition) is 3. The molecule has 1 saturated heterocycles. The van der Waals surface area contributed by atoms with Crippen molar-refractivity contribution in [1.29, 1.82) is 0 Å². The molecular weight excluding hydrogens is 391 g/mol. The molecule has 5 nitrogen and oxygen atoms in total. The highest BCUT2D eigenvalue weighted by Crippen LogP contribution is 2.33. The fraction of sp³-hybridized carbons (Fsp3) is 0.240. The van der Waals surface area contributed by atoms with Gasteiger partial charge in [0.05, 0.1) is 17.8 Å². The Morgan fingerprint density at radius 2 is 1.90 bits per heavy atom. The quantitative estimate of drug-likeness (QED) is 0.526. The average molecular weight is 414 g/mol. The van der Waals surface area contributed by atoms with Gasteiger partial charge in [-0.1, -0.05) is 30.3 Å². The van der Waals surface area contributed by atoms with Gasteiger partial charge >= 0.3 is 0 Å². The highest BCUT2D eigenvalue weighted by molar-refractivity contribution is 5.89. The van der Waals surface area contributed by atoms with Crippen LogP contribution in [0.4, 0.5) is 4.39 Å². The molecule has 2 aromatic heterocycles. The largest absolute Gasteiger partial charge is 0.361 e. The number of nitrogens with zero attached hydrogens (tertiary/aromatic N) is 3. The van der Waals surface area contributed by atoms with E-state index in [1.807, 2.05) is 35.4 Å². The molecule has 1 amide bonds. The monoisotopic (exact) mass is 414 g/mol. The number of fused-ring (bicyclic) bond motifs is 1. The standard InChI is InChI=1S/C25H23FN4O/c26-21-9-3-1-8-20(21)25-24(27-11-12-28-25)17-6-5-13-30(16-17)23(31)14-18-15-29-22-10-4-2-7-19(18)22/h1-4,7-12,15,17,29H,5-6,13-14,16H2/t17-/m0/s1. The molecule has 0 spiro atoms. The summed E-state index contributed by atoms with van der Waals surface area (Å²) in [6, 6.07) is 14.6. The molecule has 1 fully saturated rings. The van der Waals surface area contributed by atoms with Gasteiger partial charge in [-0.05, 0) is 36.6 Å². The van der Waals surface area contributed by atoms with E-state index in [2.05, 4.69) is 15.0 Å². The maximum absolute atomic E-state index is 14.4. The first kappa shape index (κ1) is 19.4. The number of carbonyl (C=O) groups excluding carboxylic acids is 1. The predicted octanol–water partition coefficient (Wildman–Crippen LogP) is 4.71. The molecule has 0 saturated carbocycles. The number of piperidine rings is 1. The number of rotatable bonds is 4. The summed E-state index contributed by atoms with van der Waals surface area (Å²) in [5.74, 6) is -0.179. The molecule has 0 aliphatic carbocycles. The van der Waals surface area contributed by atoms with Crippen LogP contribution in [0.25, 0.3) is 22.2 Å². The van der Waals surface area contributed by atoms with E-state index in [9.17, 15) is 9.18 Å². The van der Waals surface area contributed by atoms with E-state index in [-0.39, 0.29) is 17.6 Å². The van der Waals surface area contributed by atoms with E-state index in [4.69, 9.17) is 0 Å². The number of amides is 1. The third-order valence-electron chi connectivity index (χ3n) is 6.03. The van der Waals surface area contributed by atoms with Crippen molar-refractivity contribution in [3.8, 4) is 11.3 Å². The molecule has 0 bridgehead atoms. The molecule has 4 aromatic rings. The molecular formula is C25H23FN4O. The highest BCUT2D eigenvalue weighted by atomic mass is 19.1. The van der Waals surface area contributed by atoms with Crippen molar-refractivity contribution in [2.45, 2.75) is 25.2 Å². The van der Waals surface area contributed by atoms with E-state index in [1.54, 1.807) is 30.6 Å². The molecule has 1 N–H and O–H groups in total. The fourth-order valence-electron chi connectivity index (χ4n) is 4.49. The van der Waals surface area contributed by atoms with Crippen molar-refractivity contribution in [2.24, 2.45) is 0 Å². The lowest BCUT2D eigenvalue weighted by atomic mass is 9.91. The average Bonchev–Trinajstić information content (AvgIpc) is 3.22. The van der Waals surface area contributed by atoms with Gasteiger partial charge in [0, 0.05) is 54.1 Å². The minimum atomic E-state index is -0.313. The third kappa shape index (κ3) is 3.81. The minimum Gasteiger partial charge on any atom is -0.361 e. The van der Waals surface area contributed by atoms with Crippen LogP contribution in [-0.2, 0) is 11.2 Å². The van der Waals surface area contributed by atoms with Crippen LogP contribution in [0.2, 0.25) is 0 Å². The first-order valence-electron chi connectivity index (χ1n) is 10.6. The second-order valence-corrected chi connectivity index (χ2v) is 7.99. The zero-order valence-corrected chi connectivity index (χ0v) is 17.1. The van der Waals surface area contributed by atoms with Gasteiger partial charge in [0.15, 0.2) is 0 Å². The Morgan fingerprint density at radius 1 is 1.10 bits per heavy atom. The van der Waals surface area contributed by atoms with Crippen LogP contribution in [0.3, 0.4) is 0 Å². The van der Waals surface area contributed by atoms with Crippen molar-refractivity contribution < 1.29 is 9.18 Å². The molecule has 31 heavy (non-hydrogen) atoms. The zero-order chi connectivity index (χ0) is 21.2. The molecule has 6 heteroatoms. The van der Waals surface area contributed by atoms with Crippen LogP contribution < -0.4 is 0 Å². The molecule has 1 aliphatic heterocycles. The summed E-state index contributed by atoms with van der Waals surface area (Å²) < 4.78 is 14.4. The van der Waals surface area contributed by atoms with Crippen molar-refractivity contribution in [1.82, 2.24) is 19.9 Å². The van der Waals surface area contributed by atoms with Crippen LogP contribution in [0.15, 0.2) is 67.1 Å². The summed E-state index contributed by atoms with van der Waals surface area (Å²) in [6.45, 7) is 1.30.